The van der Waals surface area contributed by atoms with E-state index >= 15 is 0 Å². The molecule has 150 valence electrons. The lowest BCUT2D eigenvalue weighted by molar-refractivity contribution is -0.142. The fourth-order valence-corrected chi connectivity index (χ4v) is 3.30. The monoisotopic (exact) mass is 403 g/mol. The van der Waals surface area contributed by atoms with Gasteiger partial charge in [-0.1, -0.05) is 0 Å². The van der Waals surface area contributed by atoms with Crippen LogP contribution in [-0.4, -0.2) is 38.9 Å². The maximum atomic E-state index is 12.9. The van der Waals surface area contributed by atoms with Gasteiger partial charge in [0.2, 0.25) is 5.88 Å². The quantitative estimate of drug-likeness (QED) is 0.668. The number of fused-ring (bicyclic) bond motifs is 1. The van der Waals surface area contributed by atoms with Crippen LogP contribution in [0.2, 0.25) is 0 Å². The van der Waals surface area contributed by atoms with E-state index < -0.39 is 12.7 Å². The highest BCUT2D eigenvalue weighted by Gasteiger charge is 2.34. The van der Waals surface area contributed by atoms with Crippen LogP contribution in [0.5, 0.6) is 5.88 Å². The number of carbonyl (C=O) groups excluding carboxylic acids is 1. The van der Waals surface area contributed by atoms with Crippen LogP contribution in [0.1, 0.15) is 21.6 Å². The molecule has 4 heterocycles. The summed E-state index contributed by atoms with van der Waals surface area (Å²) in [6, 6.07) is 5.32. The molecule has 0 spiro atoms. The van der Waals surface area contributed by atoms with Crippen molar-refractivity contribution in [3.8, 4) is 17.1 Å². The molecule has 29 heavy (non-hydrogen) atoms. The van der Waals surface area contributed by atoms with E-state index in [-0.39, 0.29) is 12.5 Å². The van der Waals surface area contributed by atoms with Crippen LogP contribution < -0.4 is 9.64 Å². The Labute approximate surface area is 163 Å². The fraction of sp³-hybridized carbons (Fsp3) is 0.263. The molecule has 0 saturated heterocycles. The first kappa shape index (κ1) is 18.9. The molecule has 0 unspecified atom stereocenters. The second-order valence-corrected chi connectivity index (χ2v) is 6.64. The lowest BCUT2D eigenvalue weighted by Crippen LogP contribution is -2.23. The van der Waals surface area contributed by atoms with Gasteiger partial charge in [-0.3, -0.25) is 19.4 Å². The third kappa shape index (κ3) is 3.65. The number of hydrogen-bond donors (Lipinski definition) is 0. The first-order chi connectivity index (χ1) is 13.7. The number of pyridine rings is 2. The van der Waals surface area contributed by atoms with Gasteiger partial charge in [-0.05, 0) is 24.6 Å². The van der Waals surface area contributed by atoms with Crippen LogP contribution in [-0.2, 0) is 13.1 Å². The molecule has 0 atom stereocenters. The molecule has 3 aromatic rings. The van der Waals surface area contributed by atoms with Gasteiger partial charge in [0.05, 0.1) is 42.5 Å². The Balaban J connectivity index is 1.65. The minimum Gasteiger partial charge on any atom is -0.481 e. The molecule has 1 aliphatic heterocycles. The van der Waals surface area contributed by atoms with Crippen molar-refractivity contribution >= 4 is 11.6 Å². The molecule has 1 amide bonds. The van der Waals surface area contributed by atoms with Gasteiger partial charge in [-0.2, -0.15) is 18.3 Å². The van der Waals surface area contributed by atoms with Gasteiger partial charge in [-0.25, -0.2) is 4.98 Å². The molecule has 1 aliphatic rings. The standard InChI is InChI=1S/C19H16F3N5O2/c1-11-5-14(12-3-4-23-16(6-12)29-2)25-15-9-27(18(28)17(11)15)13-7-24-26(8-13)10-19(20,21)22/h3-8H,9-10H2,1-2H3. The minimum absolute atomic E-state index is 0.156. The molecule has 7 nitrogen and oxygen atoms in total. The topological polar surface area (TPSA) is 73.1 Å². The summed E-state index contributed by atoms with van der Waals surface area (Å²) in [5.74, 6) is 0.132. The van der Waals surface area contributed by atoms with Crippen LogP contribution in [0.25, 0.3) is 11.3 Å². The first-order valence-corrected chi connectivity index (χ1v) is 8.67. The van der Waals surface area contributed by atoms with Gasteiger partial charge < -0.3 is 4.74 Å². The average molecular weight is 403 g/mol. The highest BCUT2D eigenvalue weighted by Crippen LogP contribution is 2.32. The second-order valence-electron chi connectivity index (χ2n) is 6.64. The number of carbonyl (C=O) groups is 1. The summed E-state index contributed by atoms with van der Waals surface area (Å²) in [6.45, 7) is 0.743. The average Bonchev–Trinajstić information content (AvgIpc) is 3.24. The van der Waals surface area contributed by atoms with E-state index in [0.29, 0.717) is 28.5 Å². The van der Waals surface area contributed by atoms with Crippen LogP contribution in [0.15, 0.2) is 36.8 Å². The van der Waals surface area contributed by atoms with E-state index in [0.717, 1.165) is 15.8 Å². The zero-order valence-electron chi connectivity index (χ0n) is 15.6. The van der Waals surface area contributed by atoms with Crippen molar-refractivity contribution in [2.75, 3.05) is 12.0 Å². The van der Waals surface area contributed by atoms with Crippen molar-refractivity contribution in [3.05, 3.63) is 53.6 Å². The Morgan fingerprint density at radius 1 is 1.28 bits per heavy atom. The number of amides is 1. The Bertz CT molecular complexity index is 1090. The van der Waals surface area contributed by atoms with E-state index in [4.69, 9.17) is 4.74 Å². The Morgan fingerprint density at radius 3 is 2.79 bits per heavy atom. The SMILES string of the molecule is COc1cc(-c2cc(C)c3c(n2)CN(c2cnn(CC(F)(F)F)c2)C3=O)ccn1. The number of aromatic nitrogens is 4. The Hall–Kier alpha value is -3.43. The molecular weight excluding hydrogens is 387 g/mol. The molecule has 0 saturated carbocycles. The molecule has 3 aromatic heterocycles. The van der Waals surface area contributed by atoms with Gasteiger partial charge in [0, 0.05) is 24.0 Å². The Kier molecular flexibility index (Phi) is 4.48. The number of nitrogens with zero attached hydrogens (tertiary/aromatic N) is 5. The molecule has 0 aliphatic carbocycles. The molecule has 0 aromatic carbocycles. The number of hydrogen-bond acceptors (Lipinski definition) is 5. The summed E-state index contributed by atoms with van der Waals surface area (Å²) in [6.07, 6.45) is -0.328. The third-order valence-electron chi connectivity index (χ3n) is 4.57. The maximum absolute atomic E-state index is 12.9. The molecule has 4 rings (SSSR count). The van der Waals surface area contributed by atoms with E-state index in [1.165, 1.54) is 24.4 Å². The van der Waals surface area contributed by atoms with Gasteiger partial charge in [0.15, 0.2) is 0 Å². The number of alkyl halides is 3. The van der Waals surface area contributed by atoms with Crippen LogP contribution in [0.4, 0.5) is 18.9 Å². The number of halogens is 3. The van der Waals surface area contributed by atoms with Crippen molar-refractivity contribution in [1.29, 1.82) is 0 Å². The fourth-order valence-electron chi connectivity index (χ4n) is 3.30. The first-order valence-electron chi connectivity index (χ1n) is 8.67. The summed E-state index contributed by atoms with van der Waals surface area (Å²) in [4.78, 5) is 22.9. The predicted octanol–water partition coefficient (Wildman–Crippen LogP) is 3.38. The number of ether oxygens (including phenoxy) is 1. The van der Waals surface area contributed by atoms with Crippen molar-refractivity contribution in [3.63, 3.8) is 0 Å². The predicted molar refractivity (Wildman–Crippen MR) is 97.6 cm³/mol. The maximum Gasteiger partial charge on any atom is 0.408 e. The molecule has 10 heteroatoms. The summed E-state index contributed by atoms with van der Waals surface area (Å²) >= 11 is 0. The zero-order chi connectivity index (χ0) is 20.8. The van der Waals surface area contributed by atoms with Crippen molar-refractivity contribution < 1.29 is 22.7 Å². The second kappa shape index (κ2) is 6.87. The zero-order valence-corrected chi connectivity index (χ0v) is 15.6. The van der Waals surface area contributed by atoms with E-state index in [2.05, 4.69) is 15.1 Å². The smallest absolute Gasteiger partial charge is 0.408 e. The number of rotatable bonds is 4. The lowest BCUT2D eigenvalue weighted by atomic mass is 10.0. The molecule has 0 fully saturated rings. The lowest BCUT2D eigenvalue weighted by Gasteiger charge is -2.12. The molecule has 0 radical (unpaired) electrons. The number of methoxy groups -OCH3 is 1. The number of aryl methyl sites for hydroxylation is 1. The number of anilines is 1. The minimum atomic E-state index is -4.39. The highest BCUT2D eigenvalue weighted by atomic mass is 19.4. The van der Waals surface area contributed by atoms with Gasteiger partial charge >= 0.3 is 6.18 Å². The van der Waals surface area contributed by atoms with Gasteiger partial charge in [-0.15, -0.1) is 0 Å². The molecule has 0 bridgehead atoms. The van der Waals surface area contributed by atoms with Crippen molar-refractivity contribution in [2.24, 2.45) is 0 Å². The van der Waals surface area contributed by atoms with Crippen molar-refractivity contribution in [2.45, 2.75) is 26.2 Å². The van der Waals surface area contributed by atoms with Crippen LogP contribution in [0.3, 0.4) is 0 Å². The molecule has 0 N–H and O–H groups in total. The van der Waals surface area contributed by atoms with Crippen molar-refractivity contribution in [1.82, 2.24) is 19.7 Å². The van der Waals surface area contributed by atoms with E-state index in [1.54, 1.807) is 31.3 Å². The Morgan fingerprint density at radius 2 is 2.07 bits per heavy atom. The summed E-state index contributed by atoms with van der Waals surface area (Å²) in [5, 5.41) is 3.71. The van der Waals surface area contributed by atoms with Gasteiger partial charge in [0.25, 0.3) is 5.91 Å². The summed E-state index contributed by atoms with van der Waals surface area (Å²) in [5.41, 5.74) is 3.48. The summed E-state index contributed by atoms with van der Waals surface area (Å²) in [7, 11) is 1.52. The summed E-state index contributed by atoms with van der Waals surface area (Å²) < 4.78 is 43.6. The largest absolute Gasteiger partial charge is 0.481 e. The molecular formula is C19H16F3N5O2. The van der Waals surface area contributed by atoms with Gasteiger partial charge in [0.1, 0.15) is 6.54 Å². The highest BCUT2D eigenvalue weighted by molar-refractivity contribution is 6.10. The van der Waals surface area contributed by atoms with E-state index in [9.17, 15) is 18.0 Å². The normalized spacial score (nSPS) is 13.7. The third-order valence-corrected chi connectivity index (χ3v) is 4.57. The van der Waals surface area contributed by atoms with Crippen LogP contribution in [0, 0.1) is 6.92 Å². The van der Waals surface area contributed by atoms with E-state index in [1.807, 2.05) is 0 Å². The van der Waals surface area contributed by atoms with Crippen LogP contribution >= 0.6 is 0 Å².